The first-order valence-corrected chi connectivity index (χ1v) is 23.8. The van der Waals surface area contributed by atoms with Crippen LogP contribution in [0.5, 0.6) is 5.75 Å². The van der Waals surface area contributed by atoms with E-state index in [0.29, 0.717) is 44.7 Å². The van der Waals surface area contributed by atoms with Crippen LogP contribution in [0.3, 0.4) is 0 Å². The predicted octanol–water partition coefficient (Wildman–Crippen LogP) is 2.25. The number of carboxylic acid groups (broad SMARTS) is 1. The van der Waals surface area contributed by atoms with Gasteiger partial charge in [0.15, 0.2) is 6.10 Å². The predicted molar refractivity (Wildman–Crippen MR) is 254 cm³/mol. The fourth-order valence-corrected chi connectivity index (χ4v) is 8.42. The van der Waals surface area contributed by atoms with Gasteiger partial charge >= 0.3 is 5.97 Å². The number of carbonyl (C=O) groups is 6. The summed E-state index contributed by atoms with van der Waals surface area (Å²) in [4.78, 5) is 80.8. The highest BCUT2D eigenvalue weighted by atomic mass is 16.7. The summed E-state index contributed by atoms with van der Waals surface area (Å²) < 4.78 is 24.8. The first kappa shape index (κ1) is 54.2. The molecule has 7 N–H and O–H groups in total. The van der Waals surface area contributed by atoms with E-state index in [-0.39, 0.29) is 94.2 Å². The standard InChI is InChI=1S/C48H71N9O12/c1-29(2)43(47(63)52-31(5)46(62)53-34-14-13-32(16-21-58)26-37(34)69-41-12-8-11-36(68-41)48(64)65)54-39(60)17-22-66-24-25-67-23-19-49-40(61)27-51-38(59)15-20-57-35-28-55(6)56(7)44(30(3)4)42(35)33-10-9-18-50-45(33)57/h9-10,13-14,18,26,29-31,36,41,43-44,58H,8,11-12,15-17,19-25,27-28H2,1-7H3,(H,49,61)(H,51,59)(H,52,63)(H,53,62)(H,54,60)(H,64,65)/t31-,36?,41?,43?,44?/m0/s1. The number of hydrogen-bond acceptors (Lipinski definition) is 14. The van der Waals surface area contributed by atoms with E-state index in [0.717, 1.165) is 22.3 Å². The van der Waals surface area contributed by atoms with Crippen LogP contribution >= 0.6 is 0 Å². The van der Waals surface area contributed by atoms with Crippen molar-refractivity contribution < 1.29 is 57.9 Å². The molecule has 4 heterocycles. The molecule has 380 valence electrons. The molecule has 21 nitrogen and oxygen atoms in total. The highest BCUT2D eigenvalue weighted by Crippen LogP contribution is 2.41. The molecule has 5 rings (SSSR count). The molecular weight excluding hydrogens is 895 g/mol. The molecule has 0 aliphatic carbocycles. The van der Waals surface area contributed by atoms with E-state index in [1.54, 1.807) is 38.2 Å². The monoisotopic (exact) mass is 966 g/mol. The normalized spacial score (nSPS) is 18.3. The minimum absolute atomic E-state index is 0.0318. The minimum Gasteiger partial charge on any atom is -0.479 e. The van der Waals surface area contributed by atoms with E-state index < -0.39 is 48.2 Å². The summed E-state index contributed by atoms with van der Waals surface area (Å²) in [5.41, 5.74) is 4.23. The third-order valence-electron chi connectivity index (χ3n) is 12.1. The average molecular weight is 966 g/mol. The maximum atomic E-state index is 13.3. The van der Waals surface area contributed by atoms with Gasteiger partial charge in [-0.3, -0.25) is 24.0 Å². The number of carbonyl (C=O) groups excluding carboxylic acids is 5. The molecule has 21 heteroatoms. The van der Waals surface area contributed by atoms with Crippen LogP contribution in [0.15, 0.2) is 36.5 Å². The average Bonchev–Trinajstić information content (AvgIpc) is 3.61. The number of amides is 5. The number of carboxylic acids is 1. The zero-order chi connectivity index (χ0) is 50.2. The van der Waals surface area contributed by atoms with Crippen molar-refractivity contribution in [1.82, 2.24) is 40.8 Å². The number of benzene rings is 1. The number of aliphatic carboxylic acids is 1. The van der Waals surface area contributed by atoms with Crippen molar-refractivity contribution in [2.24, 2.45) is 11.8 Å². The van der Waals surface area contributed by atoms with Gasteiger partial charge < -0.3 is 60.3 Å². The molecule has 5 amide bonds. The second kappa shape index (κ2) is 26.3. The number of aromatic nitrogens is 2. The number of aliphatic hydroxyl groups excluding tert-OH is 1. The van der Waals surface area contributed by atoms with Crippen molar-refractivity contribution in [3.05, 3.63) is 53.3 Å². The van der Waals surface area contributed by atoms with Crippen LogP contribution in [0, 0.1) is 11.8 Å². The number of ether oxygens (including phenoxy) is 4. The fraction of sp³-hybridized carbons (Fsp3) is 0.604. The number of fused-ring (bicyclic) bond motifs is 3. The molecule has 2 aromatic heterocycles. The molecular formula is C48H71N9O12. The Bertz CT molecular complexity index is 2240. The topological polar surface area (TPSA) is 264 Å². The van der Waals surface area contributed by atoms with Crippen molar-refractivity contribution in [1.29, 1.82) is 0 Å². The molecule has 69 heavy (non-hydrogen) atoms. The Kier molecular flexibility index (Phi) is 20.7. The highest BCUT2D eigenvalue weighted by Gasteiger charge is 2.36. The number of hydrazine groups is 1. The second-order valence-electron chi connectivity index (χ2n) is 18.1. The molecule has 0 saturated carbocycles. The second-order valence-corrected chi connectivity index (χ2v) is 18.1. The summed E-state index contributed by atoms with van der Waals surface area (Å²) in [5.74, 6) is -2.98. The Morgan fingerprint density at radius 3 is 2.35 bits per heavy atom. The number of aryl methyl sites for hydroxylation is 1. The number of aliphatic hydroxyl groups is 1. The molecule has 3 aromatic rings. The summed E-state index contributed by atoms with van der Waals surface area (Å²) in [7, 11) is 4.15. The zero-order valence-corrected chi connectivity index (χ0v) is 40.9. The molecule has 2 aliphatic heterocycles. The molecule has 0 bridgehead atoms. The summed E-state index contributed by atoms with van der Waals surface area (Å²) in [6.07, 6.45) is 1.73. The van der Waals surface area contributed by atoms with E-state index in [9.17, 15) is 39.0 Å². The van der Waals surface area contributed by atoms with Gasteiger partial charge in [-0.15, -0.1) is 0 Å². The van der Waals surface area contributed by atoms with Crippen LogP contribution in [0.2, 0.25) is 0 Å². The smallest absolute Gasteiger partial charge is 0.332 e. The summed E-state index contributed by atoms with van der Waals surface area (Å²) in [5, 5.41) is 37.9. The number of pyridine rings is 1. The lowest BCUT2D eigenvalue weighted by Crippen LogP contribution is -2.53. The quantitative estimate of drug-likeness (QED) is 0.0569. The van der Waals surface area contributed by atoms with Crippen molar-refractivity contribution >= 4 is 52.2 Å². The maximum absolute atomic E-state index is 13.3. The van der Waals surface area contributed by atoms with Crippen molar-refractivity contribution in [3.8, 4) is 5.75 Å². The SMILES string of the molecule is CC(C)C(NC(=O)CCOCCOCCNC(=O)CNC(=O)CCn1c2c(c3cccnc31)C(C(C)C)N(C)N(C)C2)C(=O)N[C@@H](C)C(=O)Nc1ccc(CCO)cc1OC1CCCC(C(=O)O)O1. The third-order valence-corrected chi connectivity index (χ3v) is 12.1. The van der Waals surface area contributed by atoms with Crippen LogP contribution in [0.1, 0.15) is 89.6 Å². The summed E-state index contributed by atoms with van der Waals surface area (Å²) in [6.45, 7) is 11.2. The molecule has 4 unspecified atom stereocenters. The van der Waals surface area contributed by atoms with Crippen LogP contribution in [0.4, 0.5) is 5.69 Å². The van der Waals surface area contributed by atoms with Gasteiger partial charge in [0.25, 0.3) is 0 Å². The Balaban J connectivity index is 0.949. The molecule has 0 spiro atoms. The van der Waals surface area contributed by atoms with Crippen molar-refractivity contribution in [3.63, 3.8) is 0 Å². The third kappa shape index (κ3) is 15.4. The van der Waals surface area contributed by atoms with Crippen LogP contribution in [-0.2, 0) is 62.5 Å². The highest BCUT2D eigenvalue weighted by molar-refractivity contribution is 5.99. The van der Waals surface area contributed by atoms with Gasteiger partial charge in [-0.05, 0) is 67.9 Å². The van der Waals surface area contributed by atoms with Crippen molar-refractivity contribution in [2.45, 2.75) is 117 Å². The van der Waals surface area contributed by atoms with Crippen LogP contribution < -0.4 is 31.3 Å². The summed E-state index contributed by atoms with van der Waals surface area (Å²) >= 11 is 0. The van der Waals surface area contributed by atoms with E-state index in [4.69, 9.17) is 18.9 Å². The molecule has 1 fully saturated rings. The van der Waals surface area contributed by atoms with Gasteiger partial charge in [-0.25, -0.2) is 19.8 Å². The van der Waals surface area contributed by atoms with Gasteiger partial charge in [0.05, 0.1) is 51.2 Å². The Labute approximate surface area is 403 Å². The molecule has 2 aliphatic rings. The van der Waals surface area contributed by atoms with Crippen LogP contribution in [-0.4, -0.2) is 150 Å². The number of nitrogens with one attached hydrogen (secondary N) is 5. The summed E-state index contributed by atoms with van der Waals surface area (Å²) in [6, 6.07) is 7.16. The first-order valence-electron chi connectivity index (χ1n) is 23.8. The lowest BCUT2D eigenvalue weighted by atomic mass is 9.92. The number of anilines is 1. The van der Waals surface area contributed by atoms with Gasteiger partial charge in [-0.1, -0.05) is 33.8 Å². The minimum atomic E-state index is -1.09. The van der Waals surface area contributed by atoms with Crippen LogP contribution in [0.25, 0.3) is 11.0 Å². The van der Waals surface area contributed by atoms with Gasteiger partial charge in [0, 0.05) is 75.9 Å². The fourth-order valence-electron chi connectivity index (χ4n) is 8.42. The Hall–Kier alpha value is -5.71. The zero-order valence-electron chi connectivity index (χ0n) is 40.9. The maximum Gasteiger partial charge on any atom is 0.332 e. The molecule has 0 radical (unpaired) electrons. The van der Waals surface area contributed by atoms with E-state index in [1.165, 1.54) is 12.5 Å². The molecule has 1 aromatic carbocycles. The van der Waals surface area contributed by atoms with Gasteiger partial charge in [0.2, 0.25) is 35.8 Å². The number of hydrogen-bond donors (Lipinski definition) is 7. The number of nitrogens with zero attached hydrogens (tertiary/aromatic N) is 4. The Morgan fingerprint density at radius 1 is 0.884 bits per heavy atom. The number of rotatable bonds is 26. The molecule has 5 atom stereocenters. The van der Waals surface area contributed by atoms with Gasteiger partial charge in [0.1, 0.15) is 23.5 Å². The van der Waals surface area contributed by atoms with E-state index in [1.807, 2.05) is 6.07 Å². The van der Waals surface area contributed by atoms with E-state index in [2.05, 4.69) is 80.2 Å². The van der Waals surface area contributed by atoms with Crippen molar-refractivity contribution in [2.75, 3.05) is 65.5 Å². The largest absolute Gasteiger partial charge is 0.479 e. The lowest BCUT2D eigenvalue weighted by Gasteiger charge is -2.42. The van der Waals surface area contributed by atoms with E-state index >= 15 is 0 Å². The lowest BCUT2D eigenvalue weighted by molar-refractivity contribution is -0.180. The van der Waals surface area contributed by atoms with Gasteiger partial charge in [-0.2, -0.15) is 0 Å². The molecule has 1 saturated heterocycles. The Morgan fingerprint density at radius 2 is 1.64 bits per heavy atom. The first-order chi connectivity index (χ1) is 33.0.